The lowest BCUT2D eigenvalue weighted by atomic mass is 10.1. The molecule has 4 aromatic rings. The molecular weight excluding hydrogens is 583 g/mol. The maximum Gasteiger partial charge on any atom is 0.150 e. The summed E-state index contributed by atoms with van der Waals surface area (Å²) in [5.41, 5.74) is 3.76. The molecule has 10 heteroatoms. The van der Waals surface area contributed by atoms with E-state index in [0.29, 0.717) is 19.8 Å². The molecule has 0 spiro atoms. The van der Waals surface area contributed by atoms with Crippen molar-refractivity contribution in [3.8, 4) is 17.1 Å². The Labute approximate surface area is 269 Å². The summed E-state index contributed by atoms with van der Waals surface area (Å²) in [4.78, 5) is 1.78. The summed E-state index contributed by atoms with van der Waals surface area (Å²) in [5.74, 6) is 0.872. The quantitative estimate of drug-likeness (QED) is 0.102. The molecule has 0 amide bonds. The van der Waals surface area contributed by atoms with Gasteiger partial charge in [0, 0.05) is 33.5 Å². The van der Waals surface area contributed by atoms with Crippen molar-refractivity contribution in [2.24, 2.45) is 0 Å². The number of aromatic nitrogens is 5. The van der Waals surface area contributed by atoms with Crippen LogP contribution in [0.2, 0.25) is 18.1 Å². The minimum absolute atomic E-state index is 0.0815. The molecule has 3 heterocycles. The van der Waals surface area contributed by atoms with Gasteiger partial charge in [0.2, 0.25) is 0 Å². The molecular formula is C35H51N5O4Si-. The van der Waals surface area contributed by atoms with Crippen molar-refractivity contribution >= 4 is 19.2 Å². The average molecular weight is 634 g/mol. The van der Waals surface area contributed by atoms with Crippen molar-refractivity contribution in [3.63, 3.8) is 0 Å². The van der Waals surface area contributed by atoms with E-state index in [2.05, 4.69) is 83.1 Å². The SMILES string of the molecule is C[C@H](CCOCC[C@H](C)OCc1ccccc1)n1ncc(-c2nn(C3CCCCO3)c3ccc(O[Si-](C)(C)C(C)(C)C)cc23)n1. The first-order valence-electron chi connectivity index (χ1n) is 16.5. The maximum absolute atomic E-state index is 6.68. The highest BCUT2D eigenvalue weighted by Crippen LogP contribution is 2.39. The van der Waals surface area contributed by atoms with Crippen LogP contribution in [0.5, 0.6) is 5.75 Å². The van der Waals surface area contributed by atoms with Crippen molar-refractivity contribution < 1.29 is 18.6 Å². The number of benzene rings is 2. The monoisotopic (exact) mass is 633 g/mol. The van der Waals surface area contributed by atoms with Gasteiger partial charge in [-0.15, -0.1) is 18.1 Å². The van der Waals surface area contributed by atoms with E-state index in [1.54, 1.807) is 4.80 Å². The Kier molecular flexibility index (Phi) is 10.8. The second-order valence-corrected chi connectivity index (χ2v) is 18.6. The zero-order valence-corrected chi connectivity index (χ0v) is 29.2. The molecule has 45 heavy (non-hydrogen) atoms. The normalized spacial score (nSPS) is 17.4. The van der Waals surface area contributed by atoms with Crippen molar-refractivity contribution in [1.82, 2.24) is 24.8 Å². The van der Waals surface area contributed by atoms with E-state index in [4.69, 9.17) is 28.8 Å². The zero-order valence-electron chi connectivity index (χ0n) is 28.2. The summed E-state index contributed by atoms with van der Waals surface area (Å²) in [6.07, 6.45) is 6.70. The Morgan fingerprint density at radius 2 is 1.78 bits per heavy atom. The minimum atomic E-state index is -2.01. The first-order valence-corrected chi connectivity index (χ1v) is 19.4. The Morgan fingerprint density at radius 1 is 1.00 bits per heavy atom. The Hall–Kier alpha value is -3.05. The molecule has 0 N–H and O–H groups in total. The first-order chi connectivity index (χ1) is 21.5. The molecule has 245 valence electrons. The topological polar surface area (TPSA) is 85.5 Å². The fourth-order valence-corrected chi connectivity index (χ4v) is 6.19. The summed E-state index contributed by atoms with van der Waals surface area (Å²) in [5, 5.41) is 15.7. The molecule has 1 aliphatic rings. The fourth-order valence-electron chi connectivity index (χ4n) is 5.17. The van der Waals surface area contributed by atoms with E-state index < -0.39 is 8.32 Å². The highest BCUT2D eigenvalue weighted by atomic mass is 28.4. The number of rotatable bonds is 14. The Balaban J connectivity index is 1.23. The number of nitrogens with zero attached hydrogens (tertiary/aromatic N) is 5. The fraction of sp³-hybridized carbons (Fsp3) is 0.571. The molecule has 1 unspecified atom stereocenters. The van der Waals surface area contributed by atoms with Gasteiger partial charge in [-0.05, 0) is 69.7 Å². The van der Waals surface area contributed by atoms with Crippen LogP contribution in [0.25, 0.3) is 22.3 Å². The minimum Gasteiger partial charge on any atom is -0.689 e. The van der Waals surface area contributed by atoms with Gasteiger partial charge >= 0.3 is 0 Å². The summed E-state index contributed by atoms with van der Waals surface area (Å²) < 4.78 is 26.8. The summed E-state index contributed by atoms with van der Waals surface area (Å²) in [7, 11) is -2.01. The first kappa shape index (κ1) is 33.3. The largest absolute Gasteiger partial charge is 0.689 e. The van der Waals surface area contributed by atoms with Gasteiger partial charge in [-0.2, -0.15) is 20.1 Å². The molecule has 3 atom stereocenters. The highest BCUT2D eigenvalue weighted by molar-refractivity contribution is 6.74. The number of hydrogen-bond acceptors (Lipinski definition) is 7. The molecule has 1 fully saturated rings. The lowest BCUT2D eigenvalue weighted by Crippen LogP contribution is -2.43. The third-order valence-electron chi connectivity index (χ3n) is 9.16. The molecule has 9 nitrogen and oxygen atoms in total. The molecule has 1 aliphatic heterocycles. The molecule has 0 bridgehead atoms. The van der Waals surface area contributed by atoms with E-state index >= 15 is 0 Å². The lowest BCUT2D eigenvalue weighted by Gasteiger charge is -2.48. The van der Waals surface area contributed by atoms with Crippen LogP contribution in [0.3, 0.4) is 0 Å². The van der Waals surface area contributed by atoms with E-state index in [1.807, 2.05) is 29.1 Å². The predicted molar refractivity (Wildman–Crippen MR) is 181 cm³/mol. The Bertz CT molecular complexity index is 1510. The predicted octanol–water partition coefficient (Wildman–Crippen LogP) is 8.34. The van der Waals surface area contributed by atoms with Gasteiger partial charge in [0.15, 0.2) is 6.23 Å². The maximum atomic E-state index is 6.68. The Morgan fingerprint density at radius 3 is 2.51 bits per heavy atom. The zero-order chi connectivity index (χ0) is 32.0. The third-order valence-corrected chi connectivity index (χ3v) is 13.5. The molecule has 0 aliphatic carbocycles. The van der Waals surface area contributed by atoms with Gasteiger partial charge in [0.1, 0.15) is 11.4 Å². The van der Waals surface area contributed by atoms with E-state index in [1.165, 1.54) is 5.56 Å². The molecule has 2 aromatic carbocycles. The number of hydrogen-bond donors (Lipinski definition) is 0. The summed E-state index contributed by atoms with van der Waals surface area (Å²) in [6.45, 7) is 18.2. The second kappa shape index (κ2) is 14.6. The van der Waals surface area contributed by atoms with Crippen LogP contribution in [0, 0.1) is 0 Å². The van der Waals surface area contributed by atoms with Crippen LogP contribution in [-0.2, 0) is 20.8 Å². The standard InChI is InChI=1S/C35H51N5O4Si/c1-26(18-21-41-22-19-27(2)43-25-28-13-9-8-10-14-28)40-36-24-31(37-40)34-30-23-29(44-45(6,7)35(3,4)5)16-17-32(30)39(38-34)33-15-11-12-20-42-33/h8-10,13-14,16-17,23-24,26-27,33H,11-12,15,18-22,25H2,1-7H3/q-1/t26-,27+,33?/m1/s1. The van der Waals surface area contributed by atoms with Crippen LogP contribution in [0.4, 0.5) is 0 Å². The lowest BCUT2D eigenvalue weighted by molar-refractivity contribution is -0.0365. The van der Waals surface area contributed by atoms with Crippen molar-refractivity contribution in [1.29, 1.82) is 0 Å². The molecule has 1 saturated heterocycles. The van der Waals surface area contributed by atoms with Gasteiger partial charge in [0.25, 0.3) is 0 Å². The molecule has 0 saturated carbocycles. The van der Waals surface area contributed by atoms with E-state index in [-0.39, 0.29) is 23.4 Å². The summed E-state index contributed by atoms with van der Waals surface area (Å²) in [6, 6.07) is 16.7. The van der Waals surface area contributed by atoms with Gasteiger partial charge in [0.05, 0.1) is 36.2 Å². The molecule has 5 rings (SSSR count). The van der Waals surface area contributed by atoms with Crippen LogP contribution in [0.15, 0.2) is 54.7 Å². The van der Waals surface area contributed by atoms with Crippen LogP contribution in [-0.4, -0.2) is 59.0 Å². The van der Waals surface area contributed by atoms with Crippen molar-refractivity contribution in [2.75, 3.05) is 19.8 Å². The van der Waals surface area contributed by atoms with Gasteiger partial charge in [-0.25, -0.2) is 4.68 Å². The third kappa shape index (κ3) is 8.41. The van der Waals surface area contributed by atoms with Gasteiger partial charge < -0.3 is 18.6 Å². The number of fused-ring (bicyclic) bond motifs is 1. The molecule has 2 aromatic heterocycles. The van der Waals surface area contributed by atoms with Gasteiger partial charge in [-0.1, -0.05) is 51.1 Å². The van der Waals surface area contributed by atoms with E-state index in [0.717, 1.165) is 66.8 Å². The highest BCUT2D eigenvalue weighted by Gasteiger charge is 2.28. The van der Waals surface area contributed by atoms with Gasteiger partial charge in [-0.3, -0.25) is 0 Å². The summed E-state index contributed by atoms with van der Waals surface area (Å²) >= 11 is 0. The van der Waals surface area contributed by atoms with Crippen LogP contribution < -0.4 is 4.43 Å². The smallest absolute Gasteiger partial charge is 0.150 e. The number of ether oxygens (including phenoxy) is 3. The van der Waals surface area contributed by atoms with Crippen molar-refractivity contribution in [3.05, 3.63) is 60.3 Å². The second-order valence-electron chi connectivity index (χ2n) is 13.9. The van der Waals surface area contributed by atoms with Crippen LogP contribution in [0.1, 0.15) is 84.6 Å². The molecule has 0 radical (unpaired) electrons. The van der Waals surface area contributed by atoms with Crippen molar-refractivity contribution in [2.45, 2.75) is 110 Å². The van der Waals surface area contributed by atoms with Crippen LogP contribution >= 0.6 is 0 Å². The average Bonchev–Trinajstić information content (AvgIpc) is 3.65. The van der Waals surface area contributed by atoms with E-state index in [9.17, 15) is 0 Å².